The standard InChI is InChI=1S/C21H14F3N3O2/c22-21(23,24)29-16-8-4-7-15(12-16)26-19-18-14(9-10-25-20(18)28)11-17(27-19)13-5-2-1-3-6-13/h1-12H,(H,25,28)(H,26,27). The van der Waals surface area contributed by atoms with E-state index in [2.05, 4.69) is 20.0 Å². The van der Waals surface area contributed by atoms with Gasteiger partial charge in [0.25, 0.3) is 5.56 Å². The number of alkyl halides is 3. The van der Waals surface area contributed by atoms with E-state index in [1.54, 1.807) is 18.2 Å². The van der Waals surface area contributed by atoms with E-state index in [1.165, 1.54) is 24.4 Å². The quantitative estimate of drug-likeness (QED) is 0.495. The van der Waals surface area contributed by atoms with Gasteiger partial charge in [-0.1, -0.05) is 36.4 Å². The Hall–Kier alpha value is -3.81. The van der Waals surface area contributed by atoms with Crippen molar-refractivity contribution in [1.29, 1.82) is 0 Å². The monoisotopic (exact) mass is 397 g/mol. The number of hydrogen-bond donors (Lipinski definition) is 2. The first-order chi connectivity index (χ1) is 13.9. The summed E-state index contributed by atoms with van der Waals surface area (Å²) >= 11 is 0. The van der Waals surface area contributed by atoms with Gasteiger partial charge < -0.3 is 15.0 Å². The van der Waals surface area contributed by atoms with Gasteiger partial charge in [0.1, 0.15) is 11.6 Å². The number of aromatic nitrogens is 2. The number of hydrogen-bond acceptors (Lipinski definition) is 4. The number of nitrogens with one attached hydrogen (secondary N) is 2. The Morgan fingerprint density at radius 3 is 2.52 bits per heavy atom. The number of anilines is 2. The first-order valence-electron chi connectivity index (χ1n) is 8.60. The molecule has 0 saturated carbocycles. The van der Waals surface area contributed by atoms with Crippen LogP contribution in [0.1, 0.15) is 0 Å². The minimum Gasteiger partial charge on any atom is -0.406 e. The minimum atomic E-state index is -4.80. The van der Waals surface area contributed by atoms with Crippen LogP contribution in [0.5, 0.6) is 5.75 Å². The van der Waals surface area contributed by atoms with Crippen LogP contribution in [0.25, 0.3) is 22.0 Å². The Morgan fingerprint density at radius 1 is 0.966 bits per heavy atom. The maximum Gasteiger partial charge on any atom is 0.573 e. The normalized spacial score (nSPS) is 11.4. The molecular formula is C21H14F3N3O2. The maximum absolute atomic E-state index is 12.5. The molecule has 0 aliphatic carbocycles. The molecular weight excluding hydrogens is 383 g/mol. The molecule has 29 heavy (non-hydrogen) atoms. The molecule has 5 nitrogen and oxygen atoms in total. The van der Waals surface area contributed by atoms with Gasteiger partial charge in [0.15, 0.2) is 0 Å². The largest absolute Gasteiger partial charge is 0.573 e. The number of pyridine rings is 2. The van der Waals surface area contributed by atoms with E-state index in [-0.39, 0.29) is 17.1 Å². The molecule has 0 spiro atoms. The van der Waals surface area contributed by atoms with Gasteiger partial charge in [-0.05, 0) is 29.7 Å². The molecule has 146 valence electrons. The number of H-pyrrole nitrogens is 1. The fourth-order valence-electron chi connectivity index (χ4n) is 2.97. The second-order valence-electron chi connectivity index (χ2n) is 6.19. The van der Waals surface area contributed by atoms with Gasteiger partial charge in [0.2, 0.25) is 0 Å². The lowest BCUT2D eigenvalue weighted by Gasteiger charge is -2.13. The molecule has 0 aliphatic rings. The van der Waals surface area contributed by atoms with Crippen LogP contribution in [0.3, 0.4) is 0 Å². The molecule has 2 aromatic heterocycles. The second kappa shape index (κ2) is 7.31. The minimum absolute atomic E-state index is 0.229. The zero-order valence-electron chi connectivity index (χ0n) is 14.8. The molecule has 4 aromatic rings. The van der Waals surface area contributed by atoms with Gasteiger partial charge in [-0.25, -0.2) is 4.98 Å². The molecule has 8 heteroatoms. The van der Waals surface area contributed by atoms with Gasteiger partial charge in [-0.15, -0.1) is 13.2 Å². The van der Waals surface area contributed by atoms with Gasteiger partial charge in [0, 0.05) is 23.5 Å². The highest BCUT2D eigenvalue weighted by Crippen LogP contribution is 2.30. The predicted octanol–water partition coefficient (Wildman–Crippen LogP) is 5.23. The maximum atomic E-state index is 12.5. The summed E-state index contributed by atoms with van der Waals surface area (Å²) in [6.07, 6.45) is -3.27. The van der Waals surface area contributed by atoms with Crippen LogP contribution >= 0.6 is 0 Å². The smallest absolute Gasteiger partial charge is 0.406 e. The van der Waals surface area contributed by atoms with Gasteiger partial charge in [0.05, 0.1) is 11.1 Å². The lowest BCUT2D eigenvalue weighted by atomic mass is 10.1. The summed E-state index contributed by atoms with van der Waals surface area (Å²) in [5, 5.41) is 3.89. The summed E-state index contributed by atoms with van der Waals surface area (Å²) in [5.41, 5.74) is 1.40. The highest BCUT2D eigenvalue weighted by molar-refractivity contribution is 5.95. The third kappa shape index (κ3) is 4.21. The Bertz CT molecular complexity index is 1220. The Balaban J connectivity index is 1.81. The molecule has 2 heterocycles. The zero-order valence-corrected chi connectivity index (χ0v) is 14.8. The van der Waals surface area contributed by atoms with Crippen LogP contribution < -0.4 is 15.6 Å². The molecule has 0 aliphatic heterocycles. The van der Waals surface area contributed by atoms with Crippen LogP contribution in [0.15, 0.2) is 77.7 Å². The van der Waals surface area contributed by atoms with Crippen LogP contribution in [0.2, 0.25) is 0 Å². The summed E-state index contributed by atoms with van der Waals surface area (Å²) in [5.74, 6) is -0.146. The van der Waals surface area contributed by atoms with E-state index >= 15 is 0 Å². The molecule has 0 fully saturated rings. The van der Waals surface area contributed by atoms with Crippen molar-refractivity contribution in [3.8, 4) is 17.0 Å². The molecule has 2 aromatic carbocycles. The lowest BCUT2D eigenvalue weighted by Crippen LogP contribution is -2.17. The summed E-state index contributed by atoms with van der Waals surface area (Å²) in [4.78, 5) is 19.5. The van der Waals surface area contributed by atoms with E-state index < -0.39 is 6.36 Å². The van der Waals surface area contributed by atoms with E-state index in [9.17, 15) is 18.0 Å². The first-order valence-corrected chi connectivity index (χ1v) is 8.60. The Morgan fingerprint density at radius 2 is 1.76 bits per heavy atom. The van der Waals surface area contributed by atoms with Gasteiger partial charge in [-0.2, -0.15) is 0 Å². The number of rotatable bonds is 4. The molecule has 0 unspecified atom stereocenters. The summed E-state index contributed by atoms with van der Waals surface area (Å²) in [6, 6.07) is 18.2. The van der Waals surface area contributed by atoms with E-state index in [4.69, 9.17) is 0 Å². The SMILES string of the molecule is O=c1[nH]ccc2cc(-c3ccccc3)nc(Nc3cccc(OC(F)(F)F)c3)c12. The molecule has 0 saturated heterocycles. The second-order valence-corrected chi connectivity index (χ2v) is 6.19. The summed E-state index contributed by atoms with van der Waals surface area (Å²) < 4.78 is 41.5. The molecule has 2 N–H and O–H groups in total. The van der Waals surface area contributed by atoms with Crippen LogP contribution in [0, 0.1) is 0 Å². The number of aromatic amines is 1. The third-order valence-corrected chi connectivity index (χ3v) is 4.15. The summed E-state index contributed by atoms with van der Waals surface area (Å²) in [7, 11) is 0. The molecule has 0 amide bonds. The van der Waals surface area contributed by atoms with Crippen molar-refractivity contribution in [2.75, 3.05) is 5.32 Å². The number of halogens is 3. The van der Waals surface area contributed by atoms with Crippen molar-refractivity contribution in [2.24, 2.45) is 0 Å². The third-order valence-electron chi connectivity index (χ3n) is 4.15. The number of ether oxygens (including phenoxy) is 1. The van der Waals surface area contributed by atoms with Crippen molar-refractivity contribution in [3.63, 3.8) is 0 Å². The average molecular weight is 397 g/mol. The molecule has 0 atom stereocenters. The Kier molecular flexibility index (Phi) is 4.67. The Labute approximate surface area is 162 Å². The van der Waals surface area contributed by atoms with Crippen molar-refractivity contribution < 1.29 is 17.9 Å². The highest BCUT2D eigenvalue weighted by Gasteiger charge is 2.31. The fourth-order valence-corrected chi connectivity index (χ4v) is 2.97. The van der Waals surface area contributed by atoms with Gasteiger partial charge in [-0.3, -0.25) is 4.79 Å². The van der Waals surface area contributed by atoms with E-state index in [1.807, 2.05) is 30.3 Å². The van der Waals surface area contributed by atoms with Crippen molar-refractivity contribution in [3.05, 3.63) is 83.3 Å². The van der Waals surface area contributed by atoms with Crippen LogP contribution in [-0.2, 0) is 0 Å². The number of benzene rings is 2. The number of nitrogens with zero attached hydrogens (tertiary/aromatic N) is 1. The molecule has 0 radical (unpaired) electrons. The molecule has 0 bridgehead atoms. The topological polar surface area (TPSA) is 67.0 Å². The van der Waals surface area contributed by atoms with Crippen molar-refractivity contribution in [1.82, 2.24) is 9.97 Å². The molecule has 4 rings (SSSR count). The zero-order chi connectivity index (χ0) is 20.4. The highest BCUT2D eigenvalue weighted by atomic mass is 19.4. The van der Waals surface area contributed by atoms with Crippen molar-refractivity contribution in [2.45, 2.75) is 6.36 Å². The first kappa shape index (κ1) is 18.5. The lowest BCUT2D eigenvalue weighted by molar-refractivity contribution is -0.274. The van der Waals surface area contributed by atoms with E-state index in [0.29, 0.717) is 22.2 Å². The number of fused-ring (bicyclic) bond motifs is 1. The average Bonchev–Trinajstić information content (AvgIpc) is 2.67. The predicted molar refractivity (Wildman–Crippen MR) is 104 cm³/mol. The van der Waals surface area contributed by atoms with Gasteiger partial charge >= 0.3 is 6.36 Å². The van der Waals surface area contributed by atoms with Crippen molar-refractivity contribution >= 4 is 22.3 Å². The summed E-state index contributed by atoms with van der Waals surface area (Å²) in [6.45, 7) is 0. The van der Waals surface area contributed by atoms with E-state index in [0.717, 1.165) is 5.56 Å². The van der Waals surface area contributed by atoms with Crippen LogP contribution in [0.4, 0.5) is 24.7 Å². The van der Waals surface area contributed by atoms with Crippen LogP contribution in [-0.4, -0.2) is 16.3 Å². The fraction of sp³-hybridized carbons (Fsp3) is 0.0476.